The summed E-state index contributed by atoms with van der Waals surface area (Å²) in [5.74, 6) is -0.340. The normalized spacial score (nSPS) is 21.2. The number of fused-ring (bicyclic) bond motifs is 1. The first-order valence-corrected chi connectivity index (χ1v) is 6.28. The van der Waals surface area contributed by atoms with Gasteiger partial charge in [0.05, 0.1) is 22.9 Å². The van der Waals surface area contributed by atoms with Gasteiger partial charge in [-0.3, -0.25) is 5.10 Å². The van der Waals surface area contributed by atoms with Gasteiger partial charge < -0.3 is 9.31 Å². The standard InChI is InChI=1S/C13H16BFN2O2/c1-12(2)13(3,4)19-14(18-12)9-6-11-8(5-10(9)15)7-16-17-11/h5-7H,1-4H3,(H,16,17). The Morgan fingerprint density at radius 3 is 2.42 bits per heavy atom. The lowest BCUT2D eigenvalue weighted by Crippen LogP contribution is -2.41. The van der Waals surface area contributed by atoms with Gasteiger partial charge in [-0.25, -0.2) is 4.39 Å². The van der Waals surface area contributed by atoms with Gasteiger partial charge in [0.1, 0.15) is 5.82 Å². The molecule has 0 spiro atoms. The molecular weight excluding hydrogens is 246 g/mol. The lowest BCUT2D eigenvalue weighted by atomic mass is 9.78. The van der Waals surface area contributed by atoms with Gasteiger partial charge >= 0.3 is 7.12 Å². The predicted octanol–water partition coefficient (Wildman–Crippen LogP) is 2.00. The maximum absolute atomic E-state index is 14.2. The first-order valence-electron chi connectivity index (χ1n) is 6.28. The summed E-state index contributed by atoms with van der Waals surface area (Å²) < 4.78 is 25.9. The number of nitrogens with zero attached hydrogens (tertiary/aromatic N) is 1. The van der Waals surface area contributed by atoms with Crippen LogP contribution in [0.2, 0.25) is 0 Å². The molecule has 0 amide bonds. The third-order valence-electron chi connectivity index (χ3n) is 4.06. The zero-order chi connectivity index (χ0) is 13.8. The number of hydrogen-bond acceptors (Lipinski definition) is 3. The van der Waals surface area contributed by atoms with Crippen LogP contribution in [0.3, 0.4) is 0 Å². The molecule has 0 bridgehead atoms. The van der Waals surface area contributed by atoms with E-state index in [4.69, 9.17) is 9.31 Å². The van der Waals surface area contributed by atoms with Crippen LogP contribution in [0.25, 0.3) is 10.9 Å². The summed E-state index contributed by atoms with van der Waals surface area (Å²) in [7, 11) is -0.697. The highest BCUT2D eigenvalue weighted by molar-refractivity contribution is 6.62. The lowest BCUT2D eigenvalue weighted by molar-refractivity contribution is 0.00578. The van der Waals surface area contributed by atoms with Crippen molar-refractivity contribution < 1.29 is 13.7 Å². The Kier molecular flexibility index (Phi) is 2.53. The highest BCUT2D eigenvalue weighted by Crippen LogP contribution is 2.36. The molecule has 6 heteroatoms. The lowest BCUT2D eigenvalue weighted by Gasteiger charge is -2.32. The van der Waals surface area contributed by atoms with Crippen molar-refractivity contribution in [2.24, 2.45) is 0 Å². The third-order valence-corrected chi connectivity index (χ3v) is 4.06. The fourth-order valence-electron chi connectivity index (χ4n) is 2.13. The molecule has 1 N–H and O–H groups in total. The van der Waals surface area contributed by atoms with E-state index in [2.05, 4.69) is 10.2 Å². The Labute approximate surface area is 111 Å². The molecule has 19 heavy (non-hydrogen) atoms. The largest absolute Gasteiger partial charge is 0.497 e. The molecule has 0 atom stereocenters. The Balaban J connectivity index is 2.04. The smallest absolute Gasteiger partial charge is 0.399 e. The van der Waals surface area contributed by atoms with Gasteiger partial charge in [0, 0.05) is 10.8 Å². The van der Waals surface area contributed by atoms with Crippen molar-refractivity contribution in [1.29, 1.82) is 0 Å². The van der Waals surface area contributed by atoms with Crippen molar-refractivity contribution in [2.75, 3.05) is 0 Å². The summed E-state index contributed by atoms with van der Waals surface area (Å²) in [6.45, 7) is 7.78. The average Bonchev–Trinajstić information content (AvgIpc) is 2.80. The molecular formula is C13H16BFN2O2. The van der Waals surface area contributed by atoms with Crippen molar-refractivity contribution in [3.63, 3.8) is 0 Å². The highest BCUT2D eigenvalue weighted by atomic mass is 19.1. The Bertz CT molecular complexity index is 623. The number of rotatable bonds is 1. The van der Waals surface area contributed by atoms with Crippen LogP contribution in [0.4, 0.5) is 4.39 Å². The third kappa shape index (κ3) is 1.86. The number of aromatic nitrogens is 2. The van der Waals surface area contributed by atoms with Crippen LogP contribution in [0, 0.1) is 5.82 Å². The molecule has 1 aromatic heterocycles. The van der Waals surface area contributed by atoms with Gasteiger partial charge in [-0.2, -0.15) is 5.10 Å². The number of hydrogen-bond donors (Lipinski definition) is 1. The van der Waals surface area contributed by atoms with Gasteiger partial charge in [0.15, 0.2) is 0 Å². The second-order valence-corrected chi connectivity index (χ2v) is 5.92. The number of aromatic amines is 1. The van der Waals surface area contributed by atoms with Crippen molar-refractivity contribution in [3.05, 3.63) is 24.1 Å². The van der Waals surface area contributed by atoms with Crippen LogP contribution in [0.5, 0.6) is 0 Å². The monoisotopic (exact) mass is 262 g/mol. The minimum Gasteiger partial charge on any atom is -0.399 e. The van der Waals surface area contributed by atoms with Gasteiger partial charge in [-0.15, -0.1) is 0 Å². The molecule has 3 rings (SSSR count). The second-order valence-electron chi connectivity index (χ2n) is 5.92. The van der Waals surface area contributed by atoms with Crippen LogP contribution >= 0.6 is 0 Å². The molecule has 0 radical (unpaired) electrons. The van der Waals surface area contributed by atoms with Gasteiger partial charge in [-0.1, -0.05) is 0 Å². The molecule has 1 aliphatic rings. The van der Waals surface area contributed by atoms with Crippen LogP contribution in [-0.2, 0) is 9.31 Å². The molecule has 2 aromatic rings. The van der Waals surface area contributed by atoms with Crippen molar-refractivity contribution in [2.45, 2.75) is 38.9 Å². The topological polar surface area (TPSA) is 47.1 Å². The molecule has 4 nitrogen and oxygen atoms in total. The minimum atomic E-state index is -0.697. The summed E-state index contributed by atoms with van der Waals surface area (Å²) in [6.07, 6.45) is 1.59. The summed E-state index contributed by atoms with van der Waals surface area (Å²) in [5.41, 5.74) is 0.210. The number of benzene rings is 1. The number of H-pyrrole nitrogens is 1. The van der Waals surface area contributed by atoms with Crippen LogP contribution in [0.1, 0.15) is 27.7 Å². The molecule has 1 aromatic carbocycles. The highest BCUT2D eigenvalue weighted by Gasteiger charge is 2.52. The number of nitrogens with one attached hydrogen (secondary N) is 1. The summed E-state index contributed by atoms with van der Waals surface area (Å²) >= 11 is 0. The van der Waals surface area contributed by atoms with Crippen LogP contribution in [0.15, 0.2) is 18.3 Å². The van der Waals surface area contributed by atoms with Crippen LogP contribution < -0.4 is 5.46 Å². The van der Waals surface area contributed by atoms with Crippen molar-refractivity contribution in [1.82, 2.24) is 10.2 Å². The van der Waals surface area contributed by atoms with E-state index in [0.29, 0.717) is 5.46 Å². The van der Waals surface area contributed by atoms with Gasteiger partial charge in [0.2, 0.25) is 0 Å². The Morgan fingerprint density at radius 2 is 1.79 bits per heavy atom. The van der Waals surface area contributed by atoms with Crippen molar-refractivity contribution in [3.8, 4) is 0 Å². The van der Waals surface area contributed by atoms with E-state index in [0.717, 1.165) is 10.9 Å². The molecule has 1 fully saturated rings. The zero-order valence-electron chi connectivity index (χ0n) is 11.5. The second kappa shape index (κ2) is 3.80. The quantitative estimate of drug-likeness (QED) is 0.799. The van der Waals surface area contributed by atoms with Gasteiger partial charge in [-0.05, 0) is 39.8 Å². The van der Waals surface area contributed by atoms with Gasteiger partial charge in [0.25, 0.3) is 0 Å². The minimum absolute atomic E-state index is 0.340. The summed E-state index contributed by atoms with van der Waals surface area (Å²) in [5, 5.41) is 7.45. The van der Waals surface area contributed by atoms with E-state index in [1.807, 2.05) is 27.7 Å². The maximum Gasteiger partial charge on any atom is 0.497 e. The Morgan fingerprint density at radius 1 is 1.16 bits per heavy atom. The molecule has 1 aliphatic heterocycles. The predicted molar refractivity (Wildman–Crippen MR) is 71.8 cm³/mol. The molecule has 0 aliphatic carbocycles. The first-order chi connectivity index (χ1) is 8.80. The Hall–Kier alpha value is -1.40. The fraction of sp³-hybridized carbons (Fsp3) is 0.462. The van der Waals surface area contributed by atoms with E-state index < -0.39 is 18.3 Å². The van der Waals surface area contributed by atoms with E-state index >= 15 is 0 Å². The summed E-state index contributed by atoms with van der Waals surface area (Å²) in [6, 6.07) is 3.14. The molecule has 0 saturated carbocycles. The molecule has 0 unspecified atom stereocenters. The van der Waals surface area contributed by atoms with E-state index in [1.165, 1.54) is 6.07 Å². The SMILES string of the molecule is CC1(C)OB(c2cc3[nH]ncc3cc2F)OC1(C)C. The van der Waals surface area contributed by atoms with E-state index in [1.54, 1.807) is 12.3 Å². The molecule has 1 saturated heterocycles. The first kappa shape index (κ1) is 12.6. The van der Waals surface area contributed by atoms with Crippen LogP contribution in [-0.4, -0.2) is 28.5 Å². The average molecular weight is 262 g/mol. The van der Waals surface area contributed by atoms with E-state index in [-0.39, 0.29) is 5.82 Å². The van der Waals surface area contributed by atoms with Crippen molar-refractivity contribution >= 4 is 23.5 Å². The fourth-order valence-corrected chi connectivity index (χ4v) is 2.13. The maximum atomic E-state index is 14.2. The molecule has 2 heterocycles. The zero-order valence-corrected chi connectivity index (χ0v) is 11.5. The van der Waals surface area contributed by atoms with E-state index in [9.17, 15) is 4.39 Å². The number of halogens is 1. The summed E-state index contributed by atoms with van der Waals surface area (Å²) in [4.78, 5) is 0. The molecule has 100 valence electrons.